The van der Waals surface area contributed by atoms with Crippen LogP contribution in [0.5, 0.6) is 0 Å². The second kappa shape index (κ2) is 6.62. The highest BCUT2D eigenvalue weighted by Gasteiger charge is 2.44. The van der Waals surface area contributed by atoms with E-state index in [1.54, 1.807) is 6.07 Å². The van der Waals surface area contributed by atoms with Crippen LogP contribution in [0.25, 0.3) is 10.7 Å². The van der Waals surface area contributed by atoms with Gasteiger partial charge in [-0.2, -0.15) is 13.2 Å². The number of aromatic nitrogens is 2. The van der Waals surface area contributed by atoms with E-state index in [0.29, 0.717) is 16.7 Å². The molecule has 2 aliphatic rings. The number of alkyl halides is 3. The van der Waals surface area contributed by atoms with Gasteiger partial charge in [0.05, 0.1) is 26.3 Å². The number of nitrogens with zero attached hydrogens (tertiary/aromatic N) is 3. The third-order valence-corrected chi connectivity index (χ3v) is 6.00. The van der Waals surface area contributed by atoms with Crippen molar-refractivity contribution in [2.45, 2.75) is 38.0 Å². The average molecular weight is 451 g/mol. The van der Waals surface area contributed by atoms with Gasteiger partial charge in [-0.05, 0) is 53.4 Å². The van der Waals surface area contributed by atoms with E-state index in [-0.39, 0.29) is 12.1 Å². The maximum absolute atomic E-state index is 12.9. The molecule has 0 unspecified atom stereocenters. The van der Waals surface area contributed by atoms with Gasteiger partial charge in [-0.3, -0.25) is 0 Å². The van der Waals surface area contributed by atoms with Crippen molar-refractivity contribution in [2.24, 2.45) is 0 Å². The van der Waals surface area contributed by atoms with E-state index in [0.717, 1.165) is 40.4 Å². The summed E-state index contributed by atoms with van der Waals surface area (Å²) in [5, 5.41) is 4.66. The number of halogens is 4. The molecule has 0 saturated heterocycles. The molecule has 28 heavy (non-hydrogen) atoms. The zero-order valence-corrected chi connectivity index (χ0v) is 16.7. The van der Waals surface area contributed by atoms with Crippen molar-refractivity contribution in [3.63, 3.8) is 0 Å². The van der Waals surface area contributed by atoms with Crippen molar-refractivity contribution in [3.05, 3.63) is 64.6 Å². The van der Waals surface area contributed by atoms with Gasteiger partial charge in [0.25, 0.3) is 0 Å². The first-order chi connectivity index (χ1) is 13.2. The van der Waals surface area contributed by atoms with Crippen LogP contribution in [-0.4, -0.2) is 20.4 Å². The molecule has 2 heterocycles. The Labute approximate surface area is 168 Å². The number of anilines is 1. The lowest BCUT2D eigenvalue weighted by molar-refractivity contribution is -0.137. The van der Waals surface area contributed by atoms with E-state index in [9.17, 15) is 13.2 Å². The zero-order chi connectivity index (χ0) is 20.1. The molecule has 146 valence electrons. The Balaban J connectivity index is 1.68. The molecule has 0 atom stereocenters. The van der Waals surface area contributed by atoms with Crippen LogP contribution in [-0.2, 0) is 12.7 Å². The number of allylic oxidation sites excluding steroid dienone is 1. The van der Waals surface area contributed by atoms with Crippen molar-refractivity contribution in [3.8, 4) is 0 Å². The number of hydrogen-bond acceptors (Lipinski definition) is 4. The van der Waals surface area contributed by atoms with Gasteiger partial charge >= 0.3 is 6.18 Å². The van der Waals surface area contributed by atoms with Crippen molar-refractivity contribution in [1.82, 2.24) is 14.9 Å². The highest BCUT2D eigenvalue weighted by atomic mass is 79.9. The largest absolute Gasteiger partial charge is 0.416 e. The monoisotopic (exact) mass is 450 g/mol. The average Bonchev–Trinajstić information content (AvgIpc) is 3.41. The minimum absolute atomic E-state index is 0.0297. The standard InChI is InChI=1S/C20H18BrF3N4/c1-12-16(21)17-15(10-28(12)19(2)6-7-19)18(27-11-26-17)25-9-13-4-3-5-14(8-13)20(22,23)24/h3-5,8,10-11H,1,6-7,9H2,2H3,(H,25,26,27). The summed E-state index contributed by atoms with van der Waals surface area (Å²) in [6.45, 7) is 6.55. The van der Waals surface area contributed by atoms with Crippen LogP contribution in [0, 0.1) is 0 Å². The summed E-state index contributed by atoms with van der Waals surface area (Å²) in [5.74, 6) is 0.570. The summed E-state index contributed by atoms with van der Waals surface area (Å²) in [4.78, 5) is 10.8. The lowest BCUT2D eigenvalue weighted by Gasteiger charge is -2.31. The van der Waals surface area contributed by atoms with E-state index >= 15 is 0 Å². The van der Waals surface area contributed by atoms with Crippen LogP contribution in [0.3, 0.4) is 0 Å². The van der Waals surface area contributed by atoms with E-state index in [1.807, 2.05) is 6.20 Å². The van der Waals surface area contributed by atoms with Gasteiger partial charge in [-0.25, -0.2) is 9.97 Å². The predicted molar refractivity (Wildman–Crippen MR) is 105 cm³/mol. The number of fused-ring (bicyclic) bond motifs is 1. The Morgan fingerprint density at radius 3 is 2.71 bits per heavy atom. The molecule has 4 nitrogen and oxygen atoms in total. The molecule has 0 radical (unpaired) electrons. The zero-order valence-electron chi connectivity index (χ0n) is 15.1. The topological polar surface area (TPSA) is 41.1 Å². The van der Waals surface area contributed by atoms with Crippen LogP contribution in [0.2, 0.25) is 0 Å². The number of hydrogen-bond donors (Lipinski definition) is 1. The summed E-state index contributed by atoms with van der Waals surface area (Å²) < 4.78 is 39.6. The second-order valence-corrected chi connectivity index (χ2v) is 8.09. The van der Waals surface area contributed by atoms with Crippen LogP contribution < -0.4 is 15.9 Å². The molecular weight excluding hydrogens is 433 g/mol. The summed E-state index contributed by atoms with van der Waals surface area (Å²) in [7, 11) is 0. The molecule has 1 aromatic heterocycles. The highest BCUT2D eigenvalue weighted by Crippen LogP contribution is 2.45. The Morgan fingerprint density at radius 1 is 1.29 bits per heavy atom. The molecule has 0 amide bonds. The molecule has 0 bridgehead atoms. The third kappa shape index (κ3) is 3.41. The van der Waals surface area contributed by atoms with Gasteiger partial charge in [0.1, 0.15) is 12.1 Å². The molecule has 1 aliphatic carbocycles. The molecule has 1 saturated carbocycles. The Bertz CT molecular complexity index is 1070. The minimum Gasteiger partial charge on any atom is -0.365 e. The van der Waals surface area contributed by atoms with Crippen molar-refractivity contribution < 1.29 is 13.2 Å². The molecule has 1 aliphatic heterocycles. The fourth-order valence-electron chi connectivity index (χ4n) is 3.23. The quantitative estimate of drug-likeness (QED) is 0.770. The lowest BCUT2D eigenvalue weighted by atomic mass is 10.1. The van der Waals surface area contributed by atoms with E-state index in [4.69, 9.17) is 0 Å². The van der Waals surface area contributed by atoms with Gasteiger partial charge in [-0.15, -0.1) is 0 Å². The molecule has 8 heteroatoms. The first kappa shape index (κ1) is 19.0. The Hall–Kier alpha value is -2.35. The fraction of sp³-hybridized carbons (Fsp3) is 0.300. The maximum atomic E-state index is 12.9. The molecule has 0 spiro atoms. The minimum atomic E-state index is -4.36. The maximum Gasteiger partial charge on any atom is 0.416 e. The molecule has 2 aromatic rings. The van der Waals surface area contributed by atoms with Gasteiger partial charge in [0.15, 0.2) is 0 Å². The summed E-state index contributed by atoms with van der Waals surface area (Å²) in [6, 6.07) is 5.27. The van der Waals surface area contributed by atoms with Gasteiger partial charge < -0.3 is 10.2 Å². The normalized spacial score (nSPS) is 17.8. The van der Waals surface area contributed by atoms with Crippen molar-refractivity contribution >= 4 is 32.4 Å². The Kier molecular flexibility index (Phi) is 4.49. The highest BCUT2D eigenvalue weighted by molar-refractivity contribution is 9.15. The molecular formula is C20H18BrF3N4. The summed E-state index contributed by atoms with van der Waals surface area (Å²) >= 11 is 3.59. The molecule has 4 rings (SSSR count). The Morgan fingerprint density at radius 2 is 2.04 bits per heavy atom. The molecule has 1 fully saturated rings. The van der Waals surface area contributed by atoms with E-state index in [1.165, 1.54) is 12.4 Å². The van der Waals surface area contributed by atoms with E-state index < -0.39 is 11.7 Å². The number of benzene rings is 1. The summed E-state index contributed by atoms with van der Waals surface area (Å²) in [5.41, 5.74) is 0.733. The molecule has 1 aromatic carbocycles. The van der Waals surface area contributed by atoms with Gasteiger partial charge in [0, 0.05) is 18.3 Å². The van der Waals surface area contributed by atoms with Gasteiger partial charge in [0.2, 0.25) is 0 Å². The second-order valence-electron chi connectivity index (χ2n) is 7.29. The predicted octanol–water partition coefficient (Wildman–Crippen LogP) is 3.73. The SMILES string of the molecule is C=C1C(Br)=c2ncnc(NCc3cccc(C(F)(F)F)c3)c2=CN1C1(C)CC1. The van der Waals surface area contributed by atoms with Crippen LogP contribution in [0.15, 0.2) is 42.9 Å². The van der Waals surface area contributed by atoms with E-state index in [2.05, 4.69) is 49.6 Å². The van der Waals surface area contributed by atoms with Crippen LogP contribution in [0.1, 0.15) is 30.9 Å². The fourth-order valence-corrected chi connectivity index (χ4v) is 3.74. The number of rotatable bonds is 4. The first-order valence-corrected chi connectivity index (χ1v) is 9.60. The van der Waals surface area contributed by atoms with Crippen molar-refractivity contribution in [1.29, 1.82) is 0 Å². The summed E-state index contributed by atoms with van der Waals surface area (Å²) in [6.07, 6.45) is 1.18. The smallest absolute Gasteiger partial charge is 0.365 e. The first-order valence-electron chi connectivity index (χ1n) is 8.80. The van der Waals surface area contributed by atoms with Crippen LogP contribution >= 0.6 is 15.9 Å². The van der Waals surface area contributed by atoms with Crippen molar-refractivity contribution in [2.75, 3.05) is 5.32 Å². The van der Waals surface area contributed by atoms with Gasteiger partial charge in [-0.1, -0.05) is 18.7 Å². The number of nitrogens with one attached hydrogen (secondary N) is 1. The lowest BCUT2D eigenvalue weighted by Crippen LogP contribution is -2.43. The molecule has 1 N–H and O–H groups in total. The van der Waals surface area contributed by atoms with Crippen LogP contribution in [0.4, 0.5) is 19.0 Å². The third-order valence-electron chi connectivity index (χ3n) is 5.16.